The number of hydrogen-bond acceptors (Lipinski definition) is 5. The van der Waals surface area contributed by atoms with Gasteiger partial charge in [-0.1, -0.05) is 0 Å². The number of hydrogen-bond donors (Lipinski definition) is 2. The zero-order valence-electron chi connectivity index (χ0n) is 10.8. The molecule has 0 aliphatic carbocycles. The molecular formula is C11H10ClF2N7. The molecule has 110 valence electrons. The number of aryl methyl sites for hydroxylation is 1. The number of aromatic nitrogens is 6. The van der Waals surface area contributed by atoms with Gasteiger partial charge < -0.3 is 10.3 Å². The van der Waals surface area contributed by atoms with Crippen LogP contribution >= 0.6 is 11.6 Å². The predicted molar refractivity (Wildman–Crippen MR) is 72.2 cm³/mol. The number of alkyl halides is 2. The number of nitrogens with one attached hydrogen (secondary N) is 2. The van der Waals surface area contributed by atoms with Crippen molar-refractivity contribution in [2.24, 2.45) is 7.05 Å². The number of H-pyrrole nitrogens is 1. The normalized spacial score (nSPS) is 11.5. The molecule has 3 aromatic rings. The second-order valence-corrected chi connectivity index (χ2v) is 4.62. The number of anilines is 1. The van der Waals surface area contributed by atoms with Crippen molar-refractivity contribution in [3.63, 3.8) is 0 Å². The second-order valence-electron chi connectivity index (χ2n) is 4.28. The van der Waals surface area contributed by atoms with E-state index in [0.717, 1.165) is 0 Å². The van der Waals surface area contributed by atoms with Crippen molar-refractivity contribution in [2.75, 3.05) is 5.32 Å². The quantitative estimate of drug-likeness (QED) is 0.722. The molecule has 3 aromatic heterocycles. The van der Waals surface area contributed by atoms with Crippen molar-refractivity contribution in [3.05, 3.63) is 29.1 Å². The van der Waals surface area contributed by atoms with E-state index in [1.54, 1.807) is 7.05 Å². The first kappa shape index (κ1) is 13.7. The summed E-state index contributed by atoms with van der Waals surface area (Å²) in [5, 5.41) is 6.80. The topological polar surface area (TPSA) is 84.3 Å². The fourth-order valence-corrected chi connectivity index (χ4v) is 2.08. The third kappa shape index (κ3) is 2.64. The average Bonchev–Trinajstić information content (AvgIpc) is 3.02. The first-order chi connectivity index (χ1) is 10.0. The first-order valence-corrected chi connectivity index (χ1v) is 6.34. The van der Waals surface area contributed by atoms with Crippen molar-refractivity contribution in [1.82, 2.24) is 29.7 Å². The van der Waals surface area contributed by atoms with Crippen LogP contribution in [0.25, 0.3) is 11.2 Å². The third-order valence-electron chi connectivity index (χ3n) is 2.91. The molecule has 0 fully saturated rings. The van der Waals surface area contributed by atoms with E-state index in [1.807, 2.05) is 0 Å². The van der Waals surface area contributed by atoms with Gasteiger partial charge in [0.15, 0.2) is 11.5 Å². The summed E-state index contributed by atoms with van der Waals surface area (Å²) >= 11 is 5.81. The van der Waals surface area contributed by atoms with E-state index in [-0.39, 0.29) is 17.5 Å². The fraction of sp³-hybridized carbons (Fsp3) is 0.273. The Hall–Kier alpha value is -2.29. The predicted octanol–water partition coefficient (Wildman–Crippen LogP) is 2.29. The number of halogens is 3. The number of aromatic amines is 1. The maximum absolute atomic E-state index is 12.6. The van der Waals surface area contributed by atoms with Crippen molar-refractivity contribution in [3.8, 4) is 0 Å². The first-order valence-electron chi connectivity index (χ1n) is 5.96. The van der Waals surface area contributed by atoms with Crippen LogP contribution in [0.3, 0.4) is 0 Å². The van der Waals surface area contributed by atoms with Crippen molar-refractivity contribution >= 4 is 28.6 Å². The Kier molecular flexibility index (Phi) is 3.42. The van der Waals surface area contributed by atoms with Gasteiger partial charge >= 0.3 is 0 Å². The average molecular weight is 314 g/mol. The lowest BCUT2D eigenvalue weighted by atomic mass is 10.3. The Morgan fingerprint density at radius 3 is 2.95 bits per heavy atom. The molecule has 0 atom stereocenters. The highest BCUT2D eigenvalue weighted by molar-refractivity contribution is 6.28. The third-order valence-corrected chi connectivity index (χ3v) is 3.08. The monoisotopic (exact) mass is 313 g/mol. The molecule has 10 heteroatoms. The SMILES string of the molecule is Cn1nc(C(F)F)cc1CNc1nc(Cl)nc2nc[nH]c12. The highest BCUT2D eigenvalue weighted by atomic mass is 35.5. The molecule has 0 aliphatic rings. The van der Waals surface area contributed by atoms with Gasteiger partial charge in [-0.25, -0.2) is 13.8 Å². The van der Waals surface area contributed by atoms with Gasteiger partial charge in [0.1, 0.15) is 11.2 Å². The fourth-order valence-electron chi connectivity index (χ4n) is 1.91. The van der Waals surface area contributed by atoms with Crippen LogP contribution in [-0.4, -0.2) is 29.7 Å². The minimum Gasteiger partial charge on any atom is -0.362 e. The van der Waals surface area contributed by atoms with Crippen LogP contribution in [0.5, 0.6) is 0 Å². The molecule has 0 amide bonds. The van der Waals surface area contributed by atoms with E-state index >= 15 is 0 Å². The molecule has 0 saturated heterocycles. The van der Waals surface area contributed by atoms with Gasteiger partial charge in [-0.3, -0.25) is 4.68 Å². The van der Waals surface area contributed by atoms with E-state index in [0.29, 0.717) is 22.7 Å². The summed E-state index contributed by atoms with van der Waals surface area (Å²) in [6.07, 6.45) is -1.13. The molecule has 7 nitrogen and oxygen atoms in total. The highest BCUT2D eigenvalue weighted by Crippen LogP contribution is 2.21. The summed E-state index contributed by atoms with van der Waals surface area (Å²) in [4.78, 5) is 14.9. The molecule has 0 bridgehead atoms. The van der Waals surface area contributed by atoms with Gasteiger partial charge in [0.2, 0.25) is 5.28 Å². The lowest BCUT2D eigenvalue weighted by Crippen LogP contribution is -2.07. The summed E-state index contributed by atoms with van der Waals surface area (Å²) in [5.41, 5.74) is 1.35. The Morgan fingerprint density at radius 2 is 2.24 bits per heavy atom. The molecule has 0 aliphatic heterocycles. The Bertz CT molecular complexity index is 782. The molecule has 0 spiro atoms. The lowest BCUT2D eigenvalue weighted by Gasteiger charge is -2.06. The highest BCUT2D eigenvalue weighted by Gasteiger charge is 2.14. The van der Waals surface area contributed by atoms with E-state index < -0.39 is 6.43 Å². The van der Waals surface area contributed by atoms with Crippen LogP contribution in [-0.2, 0) is 13.6 Å². The number of nitrogens with zero attached hydrogens (tertiary/aromatic N) is 5. The van der Waals surface area contributed by atoms with Crippen LogP contribution in [0.1, 0.15) is 17.8 Å². The minimum atomic E-state index is -2.60. The summed E-state index contributed by atoms with van der Waals surface area (Å²) in [5.74, 6) is 0.447. The molecule has 0 unspecified atom stereocenters. The molecule has 0 radical (unpaired) electrons. The van der Waals surface area contributed by atoms with Gasteiger partial charge in [0, 0.05) is 7.05 Å². The molecule has 3 rings (SSSR count). The van der Waals surface area contributed by atoms with Gasteiger partial charge in [0.25, 0.3) is 6.43 Å². The van der Waals surface area contributed by atoms with Crippen molar-refractivity contribution in [2.45, 2.75) is 13.0 Å². The molecule has 2 N–H and O–H groups in total. The second kappa shape index (κ2) is 5.24. The Labute approximate surface area is 122 Å². The van der Waals surface area contributed by atoms with Crippen LogP contribution in [0.2, 0.25) is 5.28 Å². The Balaban J connectivity index is 1.85. The van der Waals surface area contributed by atoms with Crippen LogP contribution < -0.4 is 5.32 Å². The molecular weight excluding hydrogens is 304 g/mol. The van der Waals surface area contributed by atoms with E-state index in [4.69, 9.17) is 11.6 Å². The lowest BCUT2D eigenvalue weighted by molar-refractivity contribution is 0.145. The van der Waals surface area contributed by atoms with Gasteiger partial charge in [-0.2, -0.15) is 15.1 Å². The summed E-state index contributed by atoms with van der Waals surface area (Å²) in [7, 11) is 1.60. The number of fused-ring (bicyclic) bond motifs is 1. The van der Waals surface area contributed by atoms with Crippen molar-refractivity contribution < 1.29 is 8.78 Å². The molecule has 0 saturated carbocycles. The molecule has 0 aromatic carbocycles. The van der Waals surface area contributed by atoms with E-state index in [9.17, 15) is 8.78 Å². The maximum atomic E-state index is 12.6. The number of rotatable bonds is 4. The maximum Gasteiger partial charge on any atom is 0.282 e. The smallest absolute Gasteiger partial charge is 0.282 e. The van der Waals surface area contributed by atoms with E-state index in [1.165, 1.54) is 17.1 Å². The van der Waals surface area contributed by atoms with Crippen molar-refractivity contribution in [1.29, 1.82) is 0 Å². The van der Waals surface area contributed by atoms with E-state index in [2.05, 4.69) is 30.4 Å². The largest absolute Gasteiger partial charge is 0.362 e. The van der Waals surface area contributed by atoms with Crippen LogP contribution in [0.15, 0.2) is 12.4 Å². The minimum absolute atomic E-state index is 0.0513. The van der Waals surface area contributed by atoms with Gasteiger partial charge in [-0.05, 0) is 17.7 Å². The zero-order chi connectivity index (χ0) is 15.0. The van der Waals surface area contributed by atoms with Gasteiger partial charge in [0.05, 0.1) is 18.6 Å². The summed E-state index contributed by atoms with van der Waals surface area (Å²) < 4.78 is 26.6. The number of imidazole rings is 1. The molecule has 3 heterocycles. The zero-order valence-corrected chi connectivity index (χ0v) is 11.6. The standard InChI is InChI=1S/C11H10ClF2N7/c1-21-5(2-6(20-21)8(13)14)3-15-9-7-10(17-4-16-7)19-11(12)18-9/h2,4,8H,3H2,1H3,(H2,15,16,17,18,19). The summed E-state index contributed by atoms with van der Waals surface area (Å²) in [6, 6.07) is 1.34. The van der Waals surface area contributed by atoms with Gasteiger partial charge in [-0.15, -0.1) is 0 Å². The molecule has 21 heavy (non-hydrogen) atoms. The summed E-state index contributed by atoms with van der Waals surface area (Å²) in [6.45, 7) is 0.262. The Morgan fingerprint density at radius 1 is 1.43 bits per heavy atom. The van der Waals surface area contributed by atoms with Crippen LogP contribution in [0, 0.1) is 0 Å². The van der Waals surface area contributed by atoms with Crippen LogP contribution in [0.4, 0.5) is 14.6 Å².